The van der Waals surface area contributed by atoms with E-state index in [9.17, 15) is 8.42 Å². The number of nitrogens with zero attached hydrogens (tertiary/aromatic N) is 4. The Morgan fingerprint density at radius 1 is 1.00 bits per heavy atom. The first kappa shape index (κ1) is 18.7. The zero-order valence-electron chi connectivity index (χ0n) is 14.8. The minimum Gasteiger partial charge on any atom is -0.367 e. The van der Waals surface area contributed by atoms with Crippen LogP contribution in [0.15, 0.2) is 45.9 Å². The highest BCUT2D eigenvalue weighted by atomic mass is 32.2. The molecule has 0 unspecified atom stereocenters. The summed E-state index contributed by atoms with van der Waals surface area (Å²) in [6.07, 6.45) is 1.68. The average molecular weight is 389 g/mol. The number of nitrogens with one attached hydrogen (secondary N) is 3. The predicted octanol–water partition coefficient (Wildman–Crippen LogP) is 1.61. The van der Waals surface area contributed by atoms with Gasteiger partial charge in [0.25, 0.3) is 0 Å². The van der Waals surface area contributed by atoms with Gasteiger partial charge in [-0.3, -0.25) is 0 Å². The second-order valence-corrected chi connectivity index (χ2v) is 7.33. The van der Waals surface area contributed by atoms with E-state index < -0.39 is 10.0 Å². The fourth-order valence-corrected chi connectivity index (χ4v) is 3.72. The van der Waals surface area contributed by atoms with E-state index >= 15 is 0 Å². The standard InChI is InChI=1S/C16H19N7O3S/c1-11-16(12(2)26-23-11)27(24,25)19-10-9-18-14-6-7-15(22-21-14)20-13-5-3-4-8-17-13/h3-8,19H,9-10H2,1-2H3,(H,18,21)(H,17,20,22). The molecule has 3 aromatic heterocycles. The Hall–Kier alpha value is -3.05. The number of pyridine rings is 1. The van der Waals surface area contributed by atoms with Gasteiger partial charge in [-0.25, -0.2) is 18.1 Å². The first-order valence-corrected chi connectivity index (χ1v) is 9.62. The summed E-state index contributed by atoms with van der Waals surface area (Å²) in [7, 11) is -3.67. The quantitative estimate of drug-likeness (QED) is 0.491. The predicted molar refractivity (Wildman–Crippen MR) is 99.2 cm³/mol. The van der Waals surface area contributed by atoms with Crippen molar-refractivity contribution in [3.8, 4) is 0 Å². The lowest BCUT2D eigenvalue weighted by Crippen LogP contribution is -2.29. The van der Waals surface area contributed by atoms with Crippen LogP contribution in [0, 0.1) is 13.8 Å². The summed E-state index contributed by atoms with van der Waals surface area (Å²) in [5.41, 5.74) is 0.329. The van der Waals surface area contributed by atoms with Crippen molar-refractivity contribution < 1.29 is 12.9 Å². The minimum atomic E-state index is -3.67. The molecule has 3 heterocycles. The van der Waals surface area contributed by atoms with Crippen molar-refractivity contribution in [2.24, 2.45) is 0 Å². The fraction of sp³-hybridized carbons (Fsp3) is 0.250. The Morgan fingerprint density at radius 3 is 2.41 bits per heavy atom. The van der Waals surface area contributed by atoms with E-state index in [0.29, 0.717) is 29.7 Å². The Balaban J connectivity index is 1.49. The topological polar surface area (TPSA) is 135 Å². The van der Waals surface area contributed by atoms with Gasteiger partial charge in [0.05, 0.1) is 0 Å². The summed E-state index contributed by atoms with van der Waals surface area (Å²) in [5, 5.41) is 17.8. The third-order valence-electron chi connectivity index (χ3n) is 3.55. The van der Waals surface area contributed by atoms with Crippen LogP contribution in [-0.2, 0) is 10.0 Å². The highest BCUT2D eigenvalue weighted by Gasteiger charge is 2.23. The molecule has 0 radical (unpaired) electrons. The summed E-state index contributed by atoms with van der Waals surface area (Å²) in [4.78, 5) is 4.22. The number of sulfonamides is 1. The van der Waals surface area contributed by atoms with E-state index in [4.69, 9.17) is 4.52 Å². The molecule has 0 aliphatic heterocycles. The number of aromatic nitrogens is 4. The normalized spacial score (nSPS) is 11.3. The van der Waals surface area contributed by atoms with Crippen LogP contribution < -0.4 is 15.4 Å². The molecule has 0 spiro atoms. The van der Waals surface area contributed by atoms with E-state index in [0.717, 1.165) is 0 Å². The lowest BCUT2D eigenvalue weighted by molar-refractivity contribution is 0.390. The van der Waals surface area contributed by atoms with Crippen molar-refractivity contribution in [1.82, 2.24) is 25.1 Å². The van der Waals surface area contributed by atoms with Crippen LogP contribution in [0.2, 0.25) is 0 Å². The molecule has 10 nitrogen and oxygen atoms in total. The first-order valence-electron chi connectivity index (χ1n) is 8.14. The SMILES string of the molecule is Cc1noc(C)c1S(=O)(=O)NCCNc1ccc(Nc2ccccn2)nn1. The van der Waals surface area contributed by atoms with Crippen molar-refractivity contribution in [2.75, 3.05) is 23.7 Å². The fourth-order valence-electron chi connectivity index (χ4n) is 2.37. The van der Waals surface area contributed by atoms with E-state index in [1.165, 1.54) is 0 Å². The molecule has 0 bridgehead atoms. The number of aryl methyl sites for hydroxylation is 2. The Bertz CT molecular complexity index is 969. The molecule has 0 atom stereocenters. The molecule has 27 heavy (non-hydrogen) atoms. The lowest BCUT2D eigenvalue weighted by atomic mass is 10.4. The third-order valence-corrected chi connectivity index (χ3v) is 5.25. The second-order valence-electron chi connectivity index (χ2n) is 5.62. The average Bonchev–Trinajstić information content (AvgIpc) is 3.00. The van der Waals surface area contributed by atoms with Gasteiger partial charge in [0, 0.05) is 19.3 Å². The van der Waals surface area contributed by atoms with Crippen LogP contribution in [0.1, 0.15) is 11.5 Å². The molecule has 0 aliphatic rings. The van der Waals surface area contributed by atoms with Gasteiger partial charge in [-0.15, -0.1) is 10.2 Å². The van der Waals surface area contributed by atoms with E-state index in [1.807, 2.05) is 18.2 Å². The molecule has 142 valence electrons. The number of anilines is 3. The van der Waals surface area contributed by atoms with Gasteiger partial charge < -0.3 is 15.2 Å². The lowest BCUT2D eigenvalue weighted by Gasteiger charge is -2.08. The van der Waals surface area contributed by atoms with Crippen LogP contribution in [-0.4, -0.2) is 41.8 Å². The van der Waals surface area contributed by atoms with E-state index in [-0.39, 0.29) is 17.2 Å². The molecule has 0 saturated heterocycles. The van der Waals surface area contributed by atoms with Gasteiger partial charge in [-0.1, -0.05) is 11.2 Å². The molecule has 0 amide bonds. The van der Waals surface area contributed by atoms with Gasteiger partial charge >= 0.3 is 0 Å². The molecular weight excluding hydrogens is 370 g/mol. The summed E-state index contributed by atoms with van der Waals surface area (Å²) < 4.78 is 32.0. The van der Waals surface area contributed by atoms with Crippen LogP contribution in [0.4, 0.5) is 17.5 Å². The Labute approximate surface area is 156 Å². The zero-order chi connectivity index (χ0) is 19.3. The molecule has 3 N–H and O–H groups in total. The number of hydrogen-bond donors (Lipinski definition) is 3. The summed E-state index contributed by atoms with van der Waals surface area (Å²) >= 11 is 0. The van der Waals surface area contributed by atoms with Gasteiger partial charge in [-0.2, -0.15) is 0 Å². The number of hydrogen-bond acceptors (Lipinski definition) is 9. The molecule has 11 heteroatoms. The third kappa shape index (κ3) is 4.77. The summed E-state index contributed by atoms with van der Waals surface area (Å²) in [5.74, 6) is 2.01. The molecule has 0 saturated carbocycles. The first-order chi connectivity index (χ1) is 13.0. The highest BCUT2D eigenvalue weighted by Crippen LogP contribution is 2.18. The van der Waals surface area contributed by atoms with E-state index in [2.05, 4.69) is 35.7 Å². The Kier molecular flexibility index (Phi) is 5.62. The summed E-state index contributed by atoms with van der Waals surface area (Å²) in [6, 6.07) is 8.99. The Morgan fingerprint density at radius 2 is 1.78 bits per heavy atom. The maximum atomic E-state index is 12.3. The molecular formula is C16H19N7O3S. The maximum Gasteiger partial charge on any atom is 0.246 e. The van der Waals surface area contributed by atoms with Gasteiger partial charge in [0.2, 0.25) is 10.0 Å². The highest BCUT2D eigenvalue weighted by molar-refractivity contribution is 7.89. The molecule has 3 rings (SSSR count). The van der Waals surface area contributed by atoms with E-state index in [1.54, 1.807) is 32.2 Å². The van der Waals surface area contributed by atoms with Crippen molar-refractivity contribution in [3.05, 3.63) is 48.0 Å². The maximum absolute atomic E-state index is 12.3. The van der Waals surface area contributed by atoms with Crippen LogP contribution in [0.5, 0.6) is 0 Å². The molecule has 3 aromatic rings. The molecule has 0 fully saturated rings. The van der Waals surface area contributed by atoms with Crippen LogP contribution in [0.25, 0.3) is 0 Å². The monoisotopic (exact) mass is 389 g/mol. The zero-order valence-corrected chi connectivity index (χ0v) is 15.6. The van der Waals surface area contributed by atoms with Crippen molar-refractivity contribution in [1.29, 1.82) is 0 Å². The van der Waals surface area contributed by atoms with Crippen molar-refractivity contribution in [3.63, 3.8) is 0 Å². The van der Waals surface area contributed by atoms with Gasteiger partial charge in [-0.05, 0) is 38.1 Å². The summed E-state index contributed by atoms with van der Waals surface area (Å²) in [6.45, 7) is 3.65. The van der Waals surface area contributed by atoms with Gasteiger partial charge in [0.15, 0.2) is 11.6 Å². The minimum absolute atomic E-state index is 0.0761. The molecule has 0 aliphatic carbocycles. The molecule has 0 aromatic carbocycles. The van der Waals surface area contributed by atoms with Crippen molar-refractivity contribution >= 4 is 27.5 Å². The van der Waals surface area contributed by atoms with Crippen molar-refractivity contribution in [2.45, 2.75) is 18.7 Å². The second kappa shape index (κ2) is 8.10. The number of rotatable bonds is 8. The van der Waals surface area contributed by atoms with Gasteiger partial charge in [0.1, 0.15) is 22.2 Å². The smallest absolute Gasteiger partial charge is 0.246 e. The largest absolute Gasteiger partial charge is 0.367 e. The van der Waals surface area contributed by atoms with Crippen LogP contribution in [0.3, 0.4) is 0 Å². The van der Waals surface area contributed by atoms with Crippen LogP contribution >= 0.6 is 0 Å².